The van der Waals surface area contributed by atoms with Crippen molar-refractivity contribution in [1.29, 1.82) is 0 Å². The Morgan fingerprint density at radius 3 is 2.54 bits per heavy atom. The van der Waals surface area contributed by atoms with Crippen LogP contribution < -0.4 is 5.32 Å². The SMILES string of the molecule is O=CN1CCN(C(=O)c2cccc(C(=O)NCc3cccnc3)n2)CC1. The van der Waals surface area contributed by atoms with Crippen molar-refractivity contribution < 1.29 is 14.4 Å². The van der Waals surface area contributed by atoms with Gasteiger partial charge in [-0.3, -0.25) is 19.4 Å². The van der Waals surface area contributed by atoms with Gasteiger partial charge in [0.15, 0.2) is 0 Å². The Bertz CT molecular complexity index is 788. The van der Waals surface area contributed by atoms with E-state index in [-0.39, 0.29) is 23.2 Å². The molecule has 3 rings (SSSR count). The second-order valence-electron chi connectivity index (χ2n) is 5.89. The van der Waals surface area contributed by atoms with Crippen LogP contribution in [0.15, 0.2) is 42.7 Å². The lowest BCUT2D eigenvalue weighted by atomic mass is 10.2. The number of hydrogen-bond acceptors (Lipinski definition) is 5. The van der Waals surface area contributed by atoms with Crippen LogP contribution in [0.1, 0.15) is 26.5 Å². The summed E-state index contributed by atoms with van der Waals surface area (Å²) >= 11 is 0. The number of hydrogen-bond donors (Lipinski definition) is 1. The highest BCUT2D eigenvalue weighted by Gasteiger charge is 2.22. The molecule has 3 heterocycles. The largest absolute Gasteiger partial charge is 0.347 e. The molecule has 3 amide bonds. The molecule has 26 heavy (non-hydrogen) atoms. The average Bonchev–Trinajstić information content (AvgIpc) is 2.72. The first-order valence-corrected chi connectivity index (χ1v) is 8.30. The number of rotatable bonds is 5. The van der Waals surface area contributed by atoms with E-state index in [1.807, 2.05) is 6.07 Å². The number of pyridine rings is 2. The van der Waals surface area contributed by atoms with Gasteiger partial charge in [0.1, 0.15) is 11.4 Å². The molecule has 0 atom stereocenters. The van der Waals surface area contributed by atoms with Crippen molar-refractivity contribution in [3.8, 4) is 0 Å². The molecule has 0 aliphatic carbocycles. The maximum atomic E-state index is 12.6. The molecular formula is C18H19N5O3. The number of piperazine rings is 1. The van der Waals surface area contributed by atoms with Crippen molar-refractivity contribution in [1.82, 2.24) is 25.1 Å². The average molecular weight is 353 g/mol. The number of nitrogens with one attached hydrogen (secondary N) is 1. The molecule has 0 spiro atoms. The highest BCUT2D eigenvalue weighted by molar-refractivity contribution is 5.96. The van der Waals surface area contributed by atoms with Crippen LogP contribution in [0.2, 0.25) is 0 Å². The molecule has 1 fully saturated rings. The Labute approximate surface area is 150 Å². The number of carbonyl (C=O) groups excluding carboxylic acids is 3. The summed E-state index contributed by atoms with van der Waals surface area (Å²) < 4.78 is 0. The number of carbonyl (C=O) groups is 3. The van der Waals surface area contributed by atoms with Gasteiger partial charge in [-0.1, -0.05) is 12.1 Å². The third kappa shape index (κ3) is 4.21. The topological polar surface area (TPSA) is 95.5 Å². The normalized spacial score (nSPS) is 14.0. The van der Waals surface area contributed by atoms with Crippen LogP contribution in [-0.4, -0.2) is 64.2 Å². The van der Waals surface area contributed by atoms with E-state index in [0.717, 1.165) is 12.0 Å². The monoisotopic (exact) mass is 353 g/mol. The molecule has 0 saturated carbocycles. The molecular weight excluding hydrogens is 334 g/mol. The summed E-state index contributed by atoms with van der Waals surface area (Å²) in [4.78, 5) is 47.1. The zero-order valence-corrected chi connectivity index (χ0v) is 14.2. The Kier molecular flexibility index (Phi) is 5.52. The maximum absolute atomic E-state index is 12.6. The first kappa shape index (κ1) is 17.5. The van der Waals surface area contributed by atoms with Crippen LogP contribution >= 0.6 is 0 Å². The minimum absolute atomic E-state index is 0.186. The van der Waals surface area contributed by atoms with Crippen LogP contribution in [-0.2, 0) is 11.3 Å². The van der Waals surface area contributed by atoms with Gasteiger partial charge in [-0.15, -0.1) is 0 Å². The molecule has 134 valence electrons. The van der Waals surface area contributed by atoms with E-state index in [1.54, 1.807) is 46.5 Å². The quantitative estimate of drug-likeness (QED) is 0.781. The summed E-state index contributed by atoms with van der Waals surface area (Å²) in [6.07, 6.45) is 4.12. The van der Waals surface area contributed by atoms with Gasteiger partial charge in [0, 0.05) is 45.1 Å². The Morgan fingerprint density at radius 2 is 1.85 bits per heavy atom. The minimum atomic E-state index is -0.353. The molecule has 0 unspecified atom stereocenters. The fourth-order valence-electron chi connectivity index (χ4n) is 2.65. The molecule has 8 nitrogen and oxygen atoms in total. The van der Waals surface area contributed by atoms with Crippen molar-refractivity contribution >= 4 is 18.2 Å². The molecule has 2 aromatic rings. The summed E-state index contributed by atoms with van der Waals surface area (Å²) in [6, 6.07) is 8.45. The fraction of sp³-hybridized carbons (Fsp3) is 0.278. The third-order valence-corrected chi connectivity index (χ3v) is 4.13. The first-order valence-electron chi connectivity index (χ1n) is 8.30. The van der Waals surface area contributed by atoms with Crippen LogP contribution in [0.5, 0.6) is 0 Å². The fourth-order valence-corrected chi connectivity index (χ4v) is 2.65. The van der Waals surface area contributed by atoms with Crippen LogP contribution in [0.4, 0.5) is 0 Å². The van der Waals surface area contributed by atoms with Crippen molar-refractivity contribution in [3.63, 3.8) is 0 Å². The third-order valence-electron chi connectivity index (χ3n) is 4.13. The molecule has 0 radical (unpaired) electrons. The Hall–Kier alpha value is -3.29. The standard InChI is InChI=1S/C18H19N5O3/c24-13-22-7-9-23(10-8-22)18(26)16-5-1-4-15(21-16)17(25)20-12-14-3-2-6-19-11-14/h1-6,11,13H,7-10,12H2,(H,20,25). The van der Waals surface area contributed by atoms with Crippen molar-refractivity contribution in [3.05, 3.63) is 59.7 Å². The molecule has 1 aliphatic heterocycles. The van der Waals surface area contributed by atoms with Gasteiger partial charge in [0.05, 0.1) is 0 Å². The highest BCUT2D eigenvalue weighted by Crippen LogP contribution is 2.08. The lowest BCUT2D eigenvalue weighted by Gasteiger charge is -2.32. The second-order valence-corrected chi connectivity index (χ2v) is 5.89. The summed E-state index contributed by atoms with van der Waals surface area (Å²) in [5.41, 5.74) is 1.28. The van der Waals surface area contributed by atoms with E-state index in [1.165, 1.54) is 0 Å². The van der Waals surface area contributed by atoms with E-state index >= 15 is 0 Å². The van der Waals surface area contributed by atoms with Crippen molar-refractivity contribution in [2.24, 2.45) is 0 Å². The summed E-state index contributed by atoms with van der Waals surface area (Å²) in [7, 11) is 0. The molecule has 1 saturated heterocycles. The molecule has 1 aliphatic rings. The van der Waals surface area contributed by atoms with E-state index in [9.17, 15) is 14.4 Å². The Balaban J connectivity index is 1.63. The Morgan fingerprint density at radius 1 is 1.08 bits per heavy atom. The maximum Gasteiger partial charge on any atom is 0.272 e. The highest BCUT2D eigenvalue weighted by atomic mass is 16.2. The van der Waals surface area contributed by atoms with Gasteiger partial charge in [-0.2, -0.15) is 0 Å². The smallest absolute Gasteiger partial charge is 0.272 e. The van der Waals surface area contributed by atoms with Crippen LogP contribution in [0.3, 0.4) is 0 Å². The zero-order valence-electron chi connectivity index (χ0n) is 14.2. The molecule has 8 heteroatoms. The molecule has 0 aromatic carbocycles. The first-order chi connectivity index (χ1) is 12.7. The summed E-state index contributed by atoms with van der Waals surface area (Å²) in [5, 5.41) is 2.76. The predicted molar refractivity (Wildman–Crippen MR) is 93.2 cm³/mol. The molecule has 0 bridgehead atoms. The lowest BCUT2D eigenvalue weighted by Crippen LogP contribution is -2.48. The van der Waals surface area contributed by atoms with Gasteiger partial charge in [0.2, 0.25) is 6.41 Å². The van der Waals surface area contributed by atoms with Gasteiger partial charge >= 0.3 is 0 Å². The van der Waals surface area contributed by atoms with E-state index in [2.05, 4.69) is 15.3 Å². The lowest BCUT2D eigenvalue weighted by molar-refractivity contribution is -0.119. The summed E-state index contributed by atoms with van der Waals surface area (Å²) in [6.45, 7) is 2.24. The number of amides is 3. The minimum Gasteiger partial charge on any atom is -0.347 e. The zero-order chi connectivity index (χ0) is 18.4. The van der Waals surface area contributed by atoms with E-state index in [0.29, 0.717) is 32.7 Å². The van der Waals surface area contributed by atoms with Crippen LogP contribution in [0, 0.1) is 0 Å². The van der Waals surface area contributed by atoms with Gasteiger partial charge in [0.25, 0.3) is 11.8 Å². The molecule has 2 aromatic heterocycles. The predicted octanol–water partition coefficient (Wildman–Crippen LogP) is 0.321. The molecule has 1 N–H and O–H groups in total. The number of nitrogens with zero attached hydrogens (tertiary/aromatic N) is 4. The van der Waals surface area contributed by atoms with E-state index in [4.69, 9.17) is 0 Å². The van der Waals surface area contributed by atoms with Gasteiger partial charge in [-0.25, -0.2) is 4.98 Å². The summed E-state index contributed by atoms with van der Waals surface area (Å²) in [5.74, 6) is -0.591. The van der Waals surface area contributed by atoms with Crippen LogP contribution in [0.25, 0.3) is 0 Å². The van der Waals surface area contributed by atoms with Gasteiger partial charge in [-0.05, 0) is 23.8 Å². The second kappa shape index (κ2) is 8.19. The van der Waals surface area contributed by atoms with E-state index < -0.39 is 0 Å². The number of aromatic nitrogens is 2. The van der Waals surface area contributed by atoms with Crippen molar-refractivity contribution in [2.75, 3.05) is 26.2 Å². The van der Waals surface area contributed by atoms with Crippen molar-refractivity contribution in [2.45, 2.75) is 6.54 Å². The van der Waals surface area contributed by atoms with Gasteiger partial charge < -0.3 is 15.1 Å².